The van der Waals surface area contributed by atoms with Crippen LogP contribution in [0.4, 0.5) is 0 Å². The average Bonchev–Trinajstić information content (AvgIpc) is 0. The van der Waals surface area contributed by atoms with Crippen LogP contribution >= 0.6 is 0 Å². The molecule has 8 valence electrons. The van der Waals surface area contributed by atoms with E-state index in [1.54, 1.807) is 0 Å². The zero-order valence-corrected chi connectivity index (χ0v) is 6.26. The van der Waals surface area contributed by atoms with Gasteiger partial charge in [-0.2, -0.15) is 0 Å². The van der Waals surface area contributed by atoms with Gasteiger partial charge < -0.3 is 5.48 Å². The Morgan fingerprint density at radius 2 is 0.750 bits per heavy atom. The Labute approximate surface area is 65.7 Å². The molecule has 0 unspecified atom stereocenters. The second-order valence-corrected chi connectivity index (χ2v) is 0. The van der Waals surface area contributed by atoms with Crippen LogP contribution in [0.5, 0.6) is 0 Å². The second-order valence-electron chi connectivity index (χ2n) is 0. The van der Waals surface area contributed by atoms with Crippen LogP contribution in [0.15, 0.2) is 0 Å². The number of rotatable bonds is 0. The van der Waals surface area contributed by atoms with E-state index in [0.717, 1.165) is 0 Å². The zero-order chi connectivity index (χ0) is 0. The van der Waals surface area contributed by atoms with Crippen molar-refractivity contribution in [2.24, 2.45) is 0 Å². The Kier molecular flexibility index (Phi) is 199. The van der Waals surface area contributed by atoms with E-state index >= 15 is 0 Å². The van der Waals surface area contributed by atoms with Crippen LogP contribution in [0.25, 0.3) is 0 Å². The van der Waals surface area contributed by atoms with E-state index in [4.69, 9.17) is 0 Å². The predicted molar refractivity (Wildman–Crippen MR) is 6.44 cm³/mol. The molecule has 0 fully saturated rings. The first-order valence-corrected chi connectivity index (χ1v) is 0. The first-order chi connectivity index (χ1) is 0. The van der Waals surface area contributed by atoms with Gasteiger partial charge in [0.25, 0.3) is 0 Å². The van der Waals surface area contributed by atoms with Gasteiger partial charge in [0.2, 0.25) is 0 Å². The van der Waals surface area contributed by atoms with Crippen LogP contribution in [-0.4, -0.2) is 17.4 Å². The van der Waals surface area contributed by atoms with Gasteiger partial charge in [0.1, 0.15) is 0 Å². The van der Waals surface area contributed by atoms with E-state index in [0.29, 0.717) is 0 Å². The van der Waals surface area contributed by atoms with Crippen LogP contribution in [-0.2, 0) is 48.9 Å². The Bertz CT molecular complexity index is 6.00. The van der Waals surface area contributed by atoms with Crippen molar-refractivity contribution in [1.82, 2.24) is 0 Å². The van der Waals surface area contributed by atoms with E-state index < -0.39 is 0 Å². The summed E-state index contributed by atoms with van der Waals surface area (Å²) in [6.07, 6.45) is 0. The molecule has 0 aliphatic rings. The van der Waals surface area contributed by atoms with Gasteiger partial charge in [0.15, 0.2) is 0 Å². The van der Waals surface area contributed by atoms with Crippen molar-refractivity contribution in [3.05, 3.63) is 0 Å². The van der Waals surface area contributed by atoms with Gasteiger partial charge in [-0.15, -0.1) is 0 Å². The van der Waals surface area contributed by atoms with Crippen molar-refractivity contribution in [2.75, 3.05) is 0 Å². The molecule has 0 aliphatic heterocycles. The van der Waals surface area contributed by atoms with Crippen molar-refractivity contribution in [3.8, 4) is 0 Å². The van der Waals surface area contributed by atoms with E-state index in [1.807, 2.05) is 0 Å². The molecule has 0 heterocycles. The van der Waals surface area contributed by atoms with E-state index in [-0.39, 0.29) is 66.3 Å². The molecule has 0 spiro atoms. The van der Waals surface area contributed by atoms with Crippen molar-refractivity contribution < 1.29 is 48.9 Å². The van der Waals surface area contributed by atoms with Crippen LogP contribution < -0.4 is 0 Å². The molecule has 0 amide bonds. The summed E-state index contributed by atoms with van der Waals surface area (Å²) in [5.41, 5.74) is 0. The molecule has 0 aromatic rings. The molecule has 0 saturated heterocycles. The van der Waals surface area contributed by atoms with E-state index in [9.17, 15) is 0 Å². The minimum absolute atomic E-state index is 0. The molecule has 0 aromatic carbocycles. The molecule has 0 bridgehead atoms. The van der Waals surface area contributed by atoms with Gasteiger partial charge in [-0.25, -0.2) is 0 Å². The van der Waals surface area contributed by atoms with Gasteiger partial charge in [-0.1, -0.05) is 0 Å². The quantitative estimate of drug-likeness (QED) is 0.404. The van der Waals surface area contributed by atoms with Crippen LogP contribution in [0.2, 0.25) is 0 Å². The zero-order valence-electron chi connectivity index (χ0n) is 1.99. The maximum atomic E-state index is 0. The largest absolute Gasteiger partial charge is 4.00 e. The third-order valence-corrected chi connectivity index (χ3v) is 0. The van der Waals surface area contributed by atoms with E-state index in [1.165, 1.54) is 0 Å². The fourth-order valence-corrected chi connectivity index (χ4v) is 0. The van der Waals surface area contributed by atoms with Crippen molar-refractivity contribution >= 4 is 17.4 Å². The summed E-state index contributed by atoms with van der Waals surface area (Å²) in [5.74, 6) is 0. The third-order valence-electron chi connectivity index (χ3n) is 0. The summed E-state index contributed by atoms with van der Waals surface area (Å²) >= 11 is 0. The molecule has 4 heteroatoms. The summed E-state index contributed by atoms with van der Waals surface area (Å²) in [5, 5.41) is 0. The Morgan fingerprint density at radius 1 is 0.750 bits per heavy atom. The maximum absolute atomic E-state index is 0. The molecule has 0 radical (unpaired) electrons. The molecule has 4 heavy (non-hydrogen) atoms. The summed E-state index contributed by atoms with van der Waals surface area (Å²) in [6.45, 7) is 0. The summed E-state index contributed by atoms with van der Waals surface area (Å²) in [4.78, 5) is 0. The van der Waals surface area contributed by atoms with Gasteiger partial charge in [0.05, 0.1) is 0 Å². The smallest absolute Gasteiger partial charge is 2.00 e. The first kappa shape index (κ1) is 38.9. The average molecular weight is 139 g/mol. The Balaban J connectivity index is 0. The monoisotopic (exact) mass is 139 g/mol. The first-order valence-electron chi connectivity index (χ1n) is 0. The maximum Gasteiger partial charge on any atom is 4.00 e. The summed E-state index contributed by atoms with van der Waals surface area (Å²) in [7, 11) is 0. The van der Waals surface area contributed by atoms with Gasteiger partial charge in [0, 0.05) is 0 Å². The van der Waals surface area contributed by atoms with Crippen molar-refractivity contribution in [1.29, 1.82) is 0 Å². The van der Waals surface area contributed by atoms with Gasteiger partial charge in [-0.05, 0) is 0 Å². The molecule has 0 aliphatic carbocycles. The van der Waals surface area contributed by atoms with Crippen LogP contribution in [0.3, 0.4) is 0 Å². The summed E-state index contributed by atoms with van der Waals surface area (Å²) < 4.78 is 0. The number of hydrogen-bond donors (Lipinski definition) is 0. The van der Waals surface area contributed by atoms with Crippen molar-refractivity contribution in [2.45, 2.75) is 0 Å². The molecular weight excluding hydrogens is 139 g/mol. The van der Waals surface area contributed by atoms with Gasteiger partial charge >= 0.3 is 60.8 Å². The minimum atomic E-state index is 0. The molecule has 1 nitrogen and oxygen atoms in total. The minimum Gasteiger partial charge on any atom is -2.00 e. The molecule has 0 aromatic heterocycles. The number of hydrogen-bond acceptors (Lipinski definition) is 0. The van der Waals surface area contributed by atoms with Crippen LogP contribution in [0, 0.1) is 0 Å². The van der Waals surface area contributed by atoms with Crippen molar-refractivity contribution in [3.63, 3.8) is 0 Å². The predicted octanol–water partition coefficient (Wildman–Crippen LogP) is -0.505. The second kappa shape index (κ2) is 20.5. The third kappa shape index (κ3) is 9.07. The Hall–Kier alpha value is 1.92. The van der Waals surface area contributed by atoms with E-state index in [2.05, 4.69) is 0 Å². The molecular formula is AlOTi2+9. The molecule has 0 saturated carbocycles. The SMILES string of the molecule is [Al+3].[O-2].[Ti+4].[Ti+4]. The molecule has 0 N–H and O–H groups in total. The standard InChI is InChI=1S/Al.O.2Ti/q+3;-2;2*+4. The Morgan fingerprint density at radius 3 is 0.750 bits per heavy atom. The van der Waals surface area contributed by atoms with Crippen LogP contribution in [0.1, 0.15) is 0 Å². The summed E-state index contributed by atoms with van der Waals surface area (Å²) in [6, 6.07) is 0. The topological polar surface area (TPSA) is 28.5 Å². The normalized spacial score (nSPS) is 0. The fourth-order valence-electron chi connectivity index (χ4n) is 0. The fraction of sp³-hybridized carbons (Fsp3) is 0. The van der Waals surface area contributed by atoms with Gasteiger partial charge in [-0.3, -0.25) is 0 Å². The molecule has 0 rings (SSSR count). The molecule has 0 atom stereocenters.